The number of hydrogen-bond acceptors (Lipinski definition) is 3. The van der Waals surface area contributed by atoms with Gasteiger partial charge in [-0.1, -0.05) is 51.0 Å². The molecule has 0 amide bonds. The summed E-state index contributed by atoms with van der Waals surface area (Å²) in [5.74, 6) is 0. The second kappa shape index (κ2) is 19.3. The first-order chi connectivity index (χ1) is 14.0. The second-order valence-electron chi connectivity index (χ2n) is 8.74. The minimum Gasteiger partial charge on any atom is -0.306 e. The summed E-state index contributed by atoms with van der Waals surface area (Å²) in [5, 5.41) is 0. The summed E-state index contributed by atoms with van der Waals surface area (Å²) in [5.41, 5.74) is 0. The van der Waals surface area contributed by atoms with E-state index in [0.717, 1.165) is 18.6 Å². The largest absolute Gasteiger partial charge is 0.306 e. The molecule has 0 spiro atoms. The van der Waals surface area contributed by atoms with E-state index in [4.69, 9.17) is 0 Å². The van der Waals surface area contributed by atoms with Crippen molar-refractivity contribution in [1.82, 2.24) is 14.7 Å². The normalized spacial score (nSPS) is 21.1. The summed E-state index contributed by atoms with van der Waals surface area (Å²) in [6.07, 6.45) is 18.5. The Kier molecular flexibility index (Phi) is 18.9. The molecule has 3 aliphatic heterocycles. The Balaban J connectivity index is 0.000000390. The van der Waals surface area contributed by atoms with Gasteiger partial charge in [0, 0.05) is 38.3 Å². The van der Waals surface area contributed by atoms with Gasteiger partial charge in [-0.2, -0.15) is 0 Å². The molecule has 0 bridgehead atoms. The van der Waals surface area contributed by atoms with E-state index >= 15 is 0 Å². The second-order valence-corrected chi connectivity index (χ2v) is 8.74. The molecular weight excluding hydrogens is 354 g/mol. The van der Waals surface area contributed by atoms with Gasteiger partial charge in [0.1, 0.15) is 0 Å². The highest BCUT2D eigenvalue weighted by Crippen LogP contribution is 2.11. The molecule has 0 aromatic heterocycles. The molecule has 0 unspecified atom stereocenters. The molecule has 0 N–H and O–H groups in total. The number of rotatable bonds is 2. The van der Waals surface area contributed by atoms with Crippen LogP contribution in [-0.4, -0.2) is 73.1 Å². The summed E-state index contributed by atoms with van der Waals surface area (Å²) in [7, 11) is 2.17. The van der Waals surface area contributed by atoms with Crippen LogP contribution in [0.2, 0.25) is 0 Å². The molecule has 3 heterocycles. The minimum atomic E-state index is 0.718. The van der Waals surface area contributed by atoms with E-state index in [0.29, 0.717) is 0 Å². The first-order valence-corrected chi connectivity index (χ1v) is 12.5. The molecule has 172 valence electrons. The molecule has 0 aromatic carbocycles. The number of hydrogen-bond donors (Lipinski definition) is 0. The van der Waals surface area contributed by atoms with Crippen LogP contribution in [0.15, 0.2) is 24.3 Å². The monoisotopic (exact) mass is 407 g/mol. The Bertz CT molecular complexity index is 383. The van der Waals surface area contributed by atoms with Gasteiger partial charge in [0.2, 0.25) is 0 Å². The fraction of sp³-hybridized carbons (Fsp3) is 0.846. The van der Waals surface area contributed by atoms with Crippen LogP contribution in [0.5, 0.6) is 0 Å². The zero-order valence-corrected chi connectivity index (χ0v) is 21.0. The van der Waals surface area contributed by atoms with E-state index in [1.54, 1.807) is 0 Å². The molecule has 29 heavy (non-hydrogen) atoms. The maximum absolute atomic E-state index is 2.59. The van der Waals surface area contributed by atoms with Gasteiger partial charge >= 0.3 is 0 Å². The molecule has 0 aromatic rings. The first kappa shape index (κ1) is 28.4. The predicted octanol–water partition coefficient (Wildman–Crippen LogP) is 6.22. The lowest BCUT2D eigenvalue weighted by molar-refractivity contribution is 0.231. The van der Waals surface area contributed by atoms with Gasteiger partial charge in [-0.05, 0) is 79.9 Å². The van der Waals surface area contributed by atoms with E-state index in [-0.39, 0.29) is 0 Å². The van der Waals surface area contributed by atoms with E-state index in [1.165, 1.54) is 77.7 Å². The molecular formula is C26H53N3. The summed E-state index contributed by atoms with van der Waals surface area (Å²) >= 11 is 0. The SMILES string of the molecule is CC.CC(C)N1CC=CCC1.CC(C)N1CCCCCC1.CN1CCC=CCC1. The van der Waals surface area contributed by atoms with Gasteiger partial charge in [-0.15, -0.1) is 0 Å². The molecule has 0 saturated carbocycles. The van der Waals surface area contributed by atoms with Crippen LogP contribution in [0, 0.1) is 0 Å². The maximum Gasteiger partial charge on any atom is 0.0166 e. The van der Waals surface area contributed by atoms with Gasteiger partial charge in [0.15, 0.2) is 0 Å². The average molecular weight is 408 g/mol. The summed E-state index contributed by atoms with van der Waals surface area (Å²) in [4.78, 5) is 7.42. The highest BCUT2D eigenvalue weighted by atomic mass is 15.1. The highest BCUT2D eigenvalue weighted by Gasteiger charge is 2.10. The quantitative estimate of drug-likeness (QED) is 0.503. The lowest BCUT2D eigenvalue weighted by atomic mass is 10.2. The minimum absolute atomic E-state index is 0.718. The van der Waals surface area contributed by atoms with Crippen molar-refractivity contribution in [1.29, 1.82) is 0 Å². The summed E-state index contributed by atoms with van der Waals surface area (Å²) in [6.45, 7) is 20.6. The van der Waals surface area contributed by atoms with Crippen LogP contribution in [0.1, 0.15) is 86.5 Å². The van der Waals surface area contributed by atoms with Gasteiger partial charge in [-0.25, -0.2) is 0 Å². The molecule has 1 saturated heterocycles. The highest BCUT2D eigenvalue weighted by molar-refractivity contribution is 4.91. The van der Waals surface area contributed by atoms with Crippen LogP contribution in [0.3, 0.4) is 0 Å². The van der Waals surface area contributed by atoms with Gasteiger partial charge in [0.25, 0.3) is 0 Å². The first-order valence-electron chi connectivity index (χ1n) is 12.5. The summed E-state index contributed by atoms with van der Waals surface area (Å²) in [6, 6.07) is 1.48. The fourth-order valence-corrected chi connectivity index (χ4v) is 3.68. The van der Waals surface area contributed by atoms with E-state index in [2.05, 4.69) is 73.7 Å². The molecule has 3 rings (SSSR count). The van der Waals surface area contributed by atoms with Crippen molar-refractivity contribution >= 4 is 0 Å². The topological polar surface area (TPSA) is 9.72 Å². The summed E-state index contributed by atoms with van der Waals surface area (Å²) < 4.78 is 0. The lowest BCUT2D eigenvalue weighted by Gasteiger charge is -2.26. The molecule has 3 nitrogen and oxygen atoms in total. The third kappa shape index (κ3) is 15.8. The lowest BCUT2D eigenvalue weighted by Crippen LogP contribution is -2.33. The van der Waals surface area contributed by atoms with Crippen LogP contribution in [0.4, 0.5) is 0 Å². The van der Waals surface area contributed by atoms with Crippen molar-refractivity contribution in [3.05, 3.63) is 24.3 Å². The smallest absolute Gasteiger partial charge is 0.0166 e. The molecule has 0 radical (unpaired) electrons. The molecule has 0 aliphatic carbocycles. The van der Waals surface area contributed by atoms with Crippen molar-refractivity contribution in [2.45, 2.75) is 98.6 Å². The Labute approximate surface area is 184 Å². The van der Waals surface area contributed by atoms with Crippen LogP contribution in [-0.2, 0) is 0 Å². The zero-order chi connectivity index (χ0) is 21.9. The van der Waals surface area contributed by atoms with E-state index < -0.39 is 0 Å². The average Bonchev–Trinajstić information content (AvgIpc) is 3.16. The molecule has 0 atom stereocenters. The molecule has 3 aliphatic rings. The Hall–Kier alpha value is -0.640. The Morgan fingerprint density at radius 2 is 1.00 bits per heavy atom. The van der Waals surface area contributed by atoms with Crippen molar-refractivity contribution in [2.24, 2.45) is 0 Å². The number of likely N-dealkylation sites (tertiary alicyclic amines) is 1. The van der Waals surface area contributed by atoms with E-state index in [1.807, 2.05) is 13.8 Å². The van der Waals surface area contributed by atoms with E-state index in [9.17, 15) is 0 Å². The number of nitrogens with zero attached hydrogens (tertiary/aromatic N) is 3. The predicted molar refractivity (Wildman–Crippen MR) is 133 cm³/mol. The maximum atomic E-state index is 2.59. The standard InChI is InChI=1S/C9H19N.C8H15N.C7H13N.C2H6/c1-9(2)10-7-5-3-4-6-8-10;1-8(2)9-6-4-3-5-7-9;1-8-6-4-2-3-5-7-8;1-2/h9H,3-8H2,1-2H3;3-4,8H,5-7H2,1-2H3;2-3H,4-7H2,1H3;1-2H3. The van der Waals surface area contributed by atoms with Crippen LogP contribution < -0.4 is 0 Å². The fourth-order valence-electron chi connectivity index (χ4n) is 3.68. The Morgan fingerprint density at radius 3 is 1.38 bits per heavy atom. The van der Waals surface area contributed by atoms with Crippen molar-refractivity contribution in [3.63, 3.8) is 0 Å². The van der Waals surface area contributed by atoms with Crippen molar-refractivity contribution < 1.29 is 0 Å². The van der Waals surface area contributed by atoms with Crippen molar-refractivity contribution in [2.75, 3.05) is 46.3 Å². The van der Waals surface area contributed by atoms with Gasteiger partial charge in [-0.3, -0.25) is 4.90 Å². The van der Waals surface area contributed by atoms with Crippen LogP contribution >= 0.6 is 0 Å². The third-order valence-corrected chi connectivity index (χ3v) is 5.71. The third-order valence-electron chi connectivity index (χ3n) is 5.71. The van der Waals surface area contributed by atoms with Gasteiger partial charge in [0.05, 0.1) is 0 Å². The molecule has 3 heteroatoms. The van der Waals surface area contributed by atoms with Crippen molar-refractivity contribution in [3.8, 4) is 0 Å². The Morgan fingerprint density at radius 1 is 0.552 bits per heavy atom. The molecule has 1 fully saturated rings. The zero-order valence-electron chi connectivity index (χ0n) is 21.0. The van der Waals surface area contributed by atoms with Gasteiger partial charge < -0.3 is 9.80 Å². The van der Waals surface area contributed by atoms with Crippen LogP contribution in [0.25, 0.3) is 0 Å².